The number of imide groups is 1. The van der Waals surface area contributed by atoms with Crippen LogP contribution in [0.5, 0.6) is 0 Å². The molecular formula is C15H19N2O3SY-. The number of thiol groups is 1. The molecule has 2 rings (SSSR count). The molecule has 0 aliphatic carbocycles. The summed E-state index contributed by atoms with van der Waals surface area (Å²) in [5.74, 6) is -0.914. The number of carbonyl (C=O) groups excluding carboxylic acids is 3. The van der Waals surface area contributed by atoms with Gasteiger partial charge < -0.3 is 12.3 Å². The zero-order valence-electron chi connectivity index (χ0n) is 12.8. The normalized spacial score (nSPS) is 24.9. The SMILES string of the molecule is C=C(S)/C=C1/C(=O)N(C2CCC(=O)NC2=O)C/C1=C/C.[CH3-].[Y]. The average Bonchev–Trinajstić information content (AvgIpc) is 2.67. The number of hydrogen-bond acceptors (Lipinski definition) is 4. The molecular weight excluding hydrogens is 377 g/mol. The third-order valence-corrected chi connectivity index (χ3v) is 3.55. The van der Waals surface area contributed by atoms with Gasteiger partial charge in [0.25, 0.3) is 5.91 Å². The smallest absolute Gasteiger partial charge is 0.255 e. The number of nitrogens with one attached hydrogen (secondary N) is 1. The Labute approximate surface area is 161 Å². The molecule has 7 heteroatoms. The molecule has 0 aromatic carbocycles. The van der Waals surface area contributed by atoms with Crippen LogP contribution in [0.4, 0.5) is 0 Å². The minimum Gasteiger partial charge on any atom is -0.358 e. The maximum Gasteiger partial charge on any atom is 0.255 e. The van der Waals surface area contributed by atoms with E-state index in [0.717, 1.165) is 5.57 Å². The fraction of sp³-hybridized carbons (Fsp3) is 0.333. The van der Waals surface area contributed by atoms with Gasteiger partial charge in [-0.1, -0.05) is 12.7 Å². The van der Waals surface area contributed by atoms with Gasteiger partial charge in [0.1, 0.15) is 6.04 Å². The average molecular weight is 396 g/mol. The van der Waals surface area contributed by atoms with Crippen LogP contribution in [0.3, 0.4) is 0 Å². The Morgan fingerprint density at radius 3 is 2.55 bits per heavy atom. The van der Waals surface area contributed by atoms with Crippen molar-refractivity contribution in [1.29, 1.82) is 0 Å². The van der Waals surface area contributed by atoms with Crippen molar-refractivity contribution in [3.8, 4) is 0 Å². The second-order valence-corrected chi connectivity index (χ2v) is 5.34. The predicted octanol–water partition coefficient (Wildman–Crippen LogP) is 1.40. The van der Waals surface area contributed by atoms with Gasteiger partial charge in [-0.15, -0.1) is 12.6 Å². The van der Waals surface area contributed by atoms with Crippen molar-refractivity contribution in [2.75, 3.05) is 6.54 Å². The molecule has 0 aromatic rings. The molecule has 1 radical (unpaired) electrons. The van der Waals surface area contributed by atoms with E-state index in [2.05, 4.69) is 24.5 Å². The minimum atomic E-state index is -0.589. The van der Waals surface area contributed by atoms with Gasteiger partial charge in [-0.2, -0.15) is 0 Å². The molecule has 1 atom stereocenters. The van der Waals surface area contributed by atoms with E-state index >= 15 is 0 Å². The van der Waals surface area contributed by atoms with Gasteiger partial charge in [0, 0.05) is 51.2 Å². The summed E-state index contributed by atoms with van der Waals surface area (Å²) >= 11 is 4.09. The first-order valence-electron chi connectivity index (χ1n) is 6.33. The standard InChI is InChI=1S/C14H16N2O3S.CH3.Y/c1-3-9-7-16(14(19)10(9)6-8(2)20)11-4-5-12(17)15-13(11)18;;/h3,6,11,20H,2,4-5,7H2,1H3,(H,15,17,18);1H3;/q;-1;/b9-3-,10-6+;;. The van der Waals surface area contributed by atoms with Crippen molar-refractivity contribution < 1.29 is 47.1 Å². The molecule has 0 bridgehead atoms. The summed E-state index contributed by atoms with van der Waals surface area (Å²) in [6, 6.07) is -0.589. The summed E-state index contributed by atoms with van der Waals surface area (Å²) in [6.45, 7) is 5.86. The first kappa shape index (κ1) is 21.3. The number of piperidine rings is 1. The van der Waals surface area contributed by atoms with Gasteiger partial charge in [0.05, 0.1) is 0 Å². The van der Waals surface area contributed by atoms with Crippen molar-refractivity contribution in [1.82, 2.24) is 10.2 Å². The van der Waals surface area contributed by atoms with E-state index in [1.54, 1.807) is 6.08 Å². The third kappa shape index (κ3) is 4.40. The maximum absolute atomic E-state index is 12.4. The third-order valence-electron chi connectivity index (χ3n) is 3.42. The molecule has 1 N–H and O–H groups in total. The molecule has 5 nitrogen and oxygen atoms in total. The van der Waals surface area contributed by atoms with Crippen LogP contribution in [-0.2, 0) is 47.1 Å². The van der Waals surface area contributed by atoms with Crippen LogP contribution in [0, 0.1) is 7.43 Å². The molecule has 2 aliphatic heterocycles. The molecule has 0 spiro atoms. The number of likely N-dealkylation sites (tertiary alicyclic amines) is 1. The van der Waals surface area contributed by atoms with Gasteiger partial charge in [-0.05, 0) is 29.9 Å². The van der Waals surface area contributed by atoms with Crippen LogP contribution in [-0.4, -0.2) is 35.2 Å². The zero-order chi connectivity index (χ0) is 14.9. The van der Waals surface area contributed by atoms with E-state index in [4.69, 9.17) is 0 Å². The van der Waals surface area contributed by atoms with Crippen LogP contribution in [0.15, 0.2) is 34.8 Å². The van der Waals surface area contributed by atoms with Crippen molar-refractivity contribution in [2.24, 2.45) is 0 Å². The number of rotatable bonds is 2. The summed E-state index contributed by atoms with van der Waals surface area (Å²) in [6.07, 6.45) is 4.06. The Balaban J connectivity index is 0.00000220. The van der Waals surface area contributed by atoms with Crippen LogP contribution in [0.2, 0.25) is 0 Å². The predicted molar refractivity (Wildman–Crippen MR) is 84.3 cm³/mol. The molecule has 1 unspecified atom stereocenters. The van der Waals surface area contributed by atoms with E-state index in [1.165, 1.54) is 4.90 Å². The zero-order valence-corrected chi connectivity index (χ0v) is 16.5. The Kier molecular flexibility index (Phi) is 8.51. The van der Waals surface area contributed by atoms with Gasteiger partial charge in [-0.25, -0.2) is 0 Å². The fourth-order valence-corrected chi connectivity index (χ4v) is 2.56. The summed E-state index contributed by atoms with van der Waals surface area (Å²) < 4.78 is 0. The molecule has 0 aromatic heterocycles. The minimum absolute atomic E-state index is 0. The van der Waals surface area contributed by atoms with Crippen LogP contribution >= 0.6 is 12.6 Å². The van der Waals surface area contributed by atoms with E-state index in [0.29, 0.717) is 23.4 Å². The summed E-state index contributed by atoms with van der Waals surface area (Å²) in [4.78, 5) is 37.4. The summed E-state index contributed by atoms with van der Waals surface area (Å²) in [5, 5.41) is 2.27. The van der Waals surface area contributed by atoms with Gasteiger partial charge in [0.2, 0.25) is 11.8 Å². The van der Waals surface area contributed by atoms with Gasteiger partial charge in [-0.3, -0.25) is 19.7 Å². The number of nitrogens with zero attached hydrogens (tertiary/aromatic N) is 1. The number of allylic oxidation sites excluding steroid dienone is 2. The molecule has 22 heavy (non-hydrogen) atoms. The number of carbonyl (C=O) groups is 3. The van der Waals surface area contributed by atoms with Crippen molar-refractivity contribution >= 4 is 30.4 Å². The number of hydrogen-bond donors (Lipinski definition) is 2. The van der Waals surface area contributed by atoms with Crippen molar-refractivity contribution in [3.05, 3.63) is 42.2 Å². The maximum atomic E-state index is 12.4. The Morgan fingerprint density at radius 1 is 1.41 bits per heavy atom. The molecule has 2 heterocycles. The largest absolute Gasteiger partial charge is 0.358 e. The van der Waals surface area contributed by atoms with Crippen LogP contribution in [0.1, 0.15) is 19.8 Å². The van der Waals surface area contributed by atoms with E-state index in [1.807, 2.05) is 13.0 Å². The Bertz CT molecular complexity index is 569. The van der Waals surface area contributed by atoms with Crippen molar-refractivity contribution in [2.45, 2.75) is 25.8 Å². The van der Waals surface area contributed by atoms with Gasteiger partial charge >= 0.3 is 0 Å². The molecule has 2 fully saturated rings. The summed E-state index contributed by atoms with van der Waals surface area (Å²) in [5.41, 5.74) is 1.35. The monoisotopic (exact) mass is 396 g/mol. The molecule has 3 amide bonds. The van der Waals surface area contributed by atoms with Gasteiger partial charge in [0.15, 0.2) is 0 Å². The van der Waals surface area contributed by atoms with Crippen molar-refractivity contribution in [3.63, 3.8) is 0 Å². The molecule has 2 saturated heterocycles. The van der Waals surface area contributed by atoms with Crippen LogP contribution in [0.25, 0.3) is 0 Å². The van der Waals surface area contributed by atoms with Crippen LogP contribution < -0.4 is 5.32 Å². The number of amides is 3. The molecule has 117 valence electrons. The molecule has 0 saturated carbocycles. The quantitative estimate of drug-likeness (QED) is 0.321. The second kappa shape index (κ2) is 8.80. The van der Waals surface area contributed by atoms with E-state index in [9.17, 15) is 14.4 Å². The first-order chi connectivity index (χ1) is 9.43. The Morgan fingerprint density at radius 2 is 2.05 bits per heavy atom. The second-order valence-electron chi connectivity index (χ2n) is 4.76. The summed E-state index contributed by atoms with van der Waals surface area (Å²) in [7, 11) is 0. The van der Waals surface area contributed by atoms with E-state index < -0.39 is 11.9 Å². The topological polar surface area (TPSA) is 66.5 Å². The van der Waals surface area contributed by atoms with E-state index in [-0.39, 0.29) is 58.4 Å². The Hall–Kier alpha value is -0.716. The molecule has 2 aliphatic rings. The fourth-order valence-electron chi connectivity index (χ4n) is 2.43. The first-order valence-corrected chi connectivity index (χ1v) is 6.78.